The predicted octanol–water partition coefficient (Wildman–Crippen LogP) is 1.69. The van der Waals surface area contributed by atoms with E-state index >= 15 is 0 Å². The van der Waals surface area contributed by atoms with E-state index in [-0.39, 0.29) is 22.4 Å². The highest BCUT2D eigenvalue weighted by Crippen LogP contribution is 2.25. The van der Waals surface area contributed by atoms with E-state index in [0.717, 1.165) is 11.6 Å². The first-order valence-corrected chi connectivity index (χ1v) is 10.5. The number of hydrogen-bond acceptors (Lipinski definition) is 4. The van der Waals surface area contributed by atoms with Gasteiger partial charge < -0.3 is 4.90 Å². The van der Waals surface area contributed by atoms with Gasteiger partial charge >= 0.3 is 0 Å². The molecule has 1 atom stereocenters. The van der Waals surface area contributed by atoms with Crippen molar-refractivity contribution in [3.8, 4) is 0 Å². The van der Waals surface area contributed by atoms with Gasteiger partial charge in [0.25, 0.3) is 5.69 Å². The normalized spacial score (nSPS) is 17.4. The molecule has 0 aliphatic carbocycles. The Bertz CT molecular complexity index is 971. The lowest BCUT2D eigenvalue weighted by Crippen LogP contribution is -3.14. The molecule has 2 aromatic carbocycles. The molecule has 1 fully saturated rings. The van der Waals surface area contributed by atoms with Crippen molar-refractivity contribution in [1.29, 1.82) is 0 Å². The second kappa shape index (κ2) is 7.94. The molecule has 0 bridgehead atoms. The van der Waals surface area contributed by atoms with Crippen LogP contribution in [0, 0.1) is 22.9 Å². The first-order chi connectivity index (χ1) is 13.2. The topological polar surface area (TPSA) is 85.0 Å². The van der Waals surface area contributed by atoms with Crippen molar-refractivity contribution in [3.63, 3.8) is 0 Å². The number of nitrogens with one attached hydrogen (secondary N) is 1. The standard InChI is InChI=1S/C19H22FN3O4S/c1-14-3-8-18(23(24)25)13-19(14)28(26,27)22-11-9-21(10-12-22)15(2)16-4-6-17(20)7-5-16/h3-8,13,15H,9-12H2,1-2H3/p+1/t15-/m1/s1. The van der Waals surface area contributed by atoms with E-state index in [4.69, 9.17) is 0 Å². The number of hydrogen-bond donors (Lipinski definition) is 1. The SMILES string of the molecule is Cc1ccc([N+](=O)[O-])cc1S(=O)(=O)N1CC[NH+]([C@H](C)c2ccc(F)cc2)CC1. The molecule has 0 unspecified atom stereocenters. The van der Waals surface area contributed by atoms with E-state index < -0.39 is 14.9 Å². The van der Waals surface area contributed by atoms with Crippen LogP contribution in [0.1, 0.15) is 24.1 Å². The van der Waals surface area contributed by atoms with E-state index in [1.807, 2.05) is 6.92 Å². The molecule has 0 saturated carbocycles. The van der Waals surface area contributed by atoms with Gasteiger partial charge in [0.1, 0.15) is 11.9 Å². The molecule has 0 aromatic heterocycles. The number of quaternary nitrogens is 1. The largest absolute Gasteiger partial charge is 0.327 e. The third-order valence-electron chi connectivity index (χ3n) is 5.35. The summed E-state index contributed by atoms with van der Waals surface area (Å²) in [6.45, 7) is 5.53. The van der Waals surface area contributed by atoms with Crippen LogP contribution in [0.15, 0.2) is 47.4 Å². The summed E-state index contributed by atoms with van der Waals surface area (Å²) in [5, 5.41) is 11.0. The number of non-ortho nitro benzene ring substituents is 1. The summed E-state index contributed by atoms with van der Waals surface area (Å²) in [5.41, 5.74) is 1.25. The minimum Gasteiger partial charge on any atom is -0.327 e. The monoisotopic (exact) mass is 408 g/mol. The molecule has 3 rings (SSSR count). The van der Waals surface area contributed by atoms with E-state index in [1.165, 1.54) is 33.5 Å². The molecular formula is C19H23FN3O4S+. The van der Waals surface area contributed by atoms with Gasteiger partial charge in [-0.1, -0.05) is 18.2 Å². The Morgan fingerprint density at radius 3 is 2.32 bits per heavy atom. The fourth-order valence-electron chi connectivity index (χ4n) is 3.55. The van der Waals surface area contributed by atoms with Crippen LogP contribution in [-0.4, -0.2) is 43.8 Å². The summed E-state index contributed by atoms with van der Waals surface area (Å²) in [5.74, 6) is -0.283. The van der Waals surface area contributed by atoms with E-state index in [2.05, 4.69) is 0 Å². The van der Waals surface area contributed by atoms with Gasteiger partial charge in [-0.05, 0) is 31.5 Å². The van der Waals surface area contributed by atoms with Crippen LogP contribution < -0.4 is 4.90 Å². The fraction of sp³-hybridized carbons (Fsp3) is 0.368. The summed E-state index contributed by atoms with van der Waals surface area (Å²) in [7, 11) is -3.80. The Balaban J connectivity index is 1.74. The summed E-state index contributed by atoms with van der Waals surface area (Å²) < 4.78 is 40.6. The van der Waals surface area contributed by atoms with Crippen molar-refractivity contribution in [3.05, 3.63) is 69.5 Å². The lowest BCUT2D eigenvalue weighted by molar-refractivity contribution is -0.933. The highest BCUT2D eigenvalue weighted by molar-refractivity contribution is 7.89. The van der Waals surface area contributed by atoms with Crippen molar-refractivity contribution < 1.29 is 22.6 Å². The number of piperazine rings is 1. The van der Waals surface area contributed by atoms with Gasteiger partial charge in [-0.3, -0.25) is 10.1 Å². The molecule has 1 saturated heterocycles. The maximum atomic E-state index is 13.1. The van der Waals surface area contributed by atoms with E-state index in [9.17, 15) is 22.9 Å². The van der Waals surface area contributed by atoms with Gasteiger partial charge in [-0.25, -0.2) is 12.8 Å². The quantitative estimate of drug-likeness (QED) is 0.603. The van der Waals surface area contributed by atoms with E-state index in [0.29, 0.717) is 31.7 Å². The predicted molar refractivity (Wildman–Crippen MR) is 102 cm³/mol. The number of nitrogens with zero attached hydrogens (tertiary/aromatic N) is 2. The van der Waals surface area contributed by atoms with Crippen LogP contribution in [-0.2, 0) is 10.0 Å². The van der Waals surface area contributed by atoms with Crippen molar-refractivity contribution in [1.82, 2.24) is 4.31 Å². The summed E-state index contributed by atoms with van der Waals surface area (Å²) in [4.78, 5) is 11.6. The highest BCUT2D eigenvalue weighted by Gasteiger charge is 2.34. The highest BCUT2D eigenvalue weighted by atomic mass is 32.2. The van der Waals surface area contributed by atoms with Crippen molar-refractivity contribution in [2.45, 2.75) is 24.8 Å². The molecule has 1 N–H and O–H groups in total. The zero-order valence-electron chi connectivity index (χ0n) is 15.8. The van der Waals surface area contributed by atoms with Crippen LogP contribution in [0.5, 0.6) is 0 Å². The Kier molecular flexibility index (Phi) is 5.78. The molecule has 9 heteroatoms. The number of nitro benzene ring substituents is 1. The molecule has 0 spiro atoms. The number of halogens is 1. The smallest absolute Gasteiger partial charge is 0.270 e. The Hall–Kier alpha value is -2.36. The molecule has 28 heavy (non-hydrogen) atoms. The second-order valence-corrected chi connectivity index (χ2v) is 8.95. The van der Waals surface area contributed by atoms with Crippen LogP contribution in [0.3, 0.4) is 0 Å². The number of aryl methyl sites for hydroxylation is 1. The Labute approximate surface area is 163 Å². The minimum absolute atomic E-state index is 0.0169. The average Bonchev–Trinajstić information content (AvgIpc) is 2.68. The van der Waals surface area contributed by atoms with Crippen molar-refractivity contribution in [2.75, 3.05) is 26.2 Å². The molecule has 2 aromatic rings. The maximum Gasteiger partial charge on any atom is 0.270 e. The van der Waals surface area contributed by atoms with Gasteiger partial charge in [0, 0.05) is 17.7 Å². The minimum atomic E-state index is -3.80. The average molecular weight is 408 g/mol. The third kappa shape index (κ3) is 4.06. The maximum absolute atomic E-state index is 13.1. The van der Waals surface area contributed by atoms with Gasteiger partial charge in [-0.15, -0.1) is 0 Å². The zero-order valence-corrected chi connectivity index (χ0v) is 16.6. The summed E-state index contributed by atoms with van der Waals surface area (Å²) >= 11 is 0. The molecule has 0 radical (unpaired) electrons. The molecule has 1 aliphatic heterocycles. The van der Waals surface area contributed by atoms with Gasteiger partial charge in [0.05, 0.1) is 36.0 Å². The third-order valence-corrected chi connectivity index (χ3v) is 7.39. The van der Waals surface area contributed by atoms with Crippen LogP contribution in [0.25, 0.3) is 0 Å². The molecule has 150 valence electrons. The summed E-state index contributed by atoms with van der Waals surface area (Å²) in [6, 6.07) is 10.4. The molecule has 1 heterocycles. The lowest BCUT2D eigenvalue weighted by atomic mass is 10.1. The van der Waals surface area contributed by atoms with Crippen LogP contribution in [0.4, 0.5) is 10.1 Å². The van der Waals surface area contributed by atoms with Crippen molar-refractivity contribution in [2.24, 2.45) is 0 Å². The first-order valence-electron chi connectivity index (χ1n) is 9.05. The van der Waals surface area contributed by atoms with Crippen molar-refractivity contribution >= 4 is 15.7 Å². The lowest BCUT2D eigenvalue weighted by Gasteiger charge is -2.35. The molecule has 7 nitrogen and oxygen atoms in total. The van der Waals surface area contributed by atoms with Gasteiger partial charge in [-0.2, -0.15) is 4.31 Å². The molecule has 1 aliphatic rings. The van der Waals surface area contributed by atoms with E-state index in [1.54, 1.807) is 19.1 Å². The zero-order chi connectivity index (χ0) is 20.5. The number of nitro groups is 1. The Morgan fingerprint density at radius 2 is 1.75 bits per heavy atom. The fourth-order valence-corrected chi connectivity index (χ4v) is 5.24. The van der Waals surface area contributed by atoms with Gasteiger partial charge in [0.15, 0.2) is 0 Å². The number of rotatable bonds is 5. The number of sulfonamides is 1. The van der Waals surface area contributed by atoms with Crippen LogP contribution in [0.2, 0.25) is 0 Å². The first kappa shape index (κ1) is 20.4. The van der Waals surface area contributed by atoms with Gasteiger partial charge in [0.2, 0.25) is 10.0 Å². The molecule has 0 amide bonds. The number of benzene rings is 2. The Morgan fingerprint density at radius 1 is 1.14 bits per heavy atom. The summed E-state index contributed by atoms with van der Waals surface area (Å²) in [6.07, 6.45) is 0. The molecular weight excluding hydrogens is 385 g/mol. The van der Waals surface area contributed by atoms with Crippen LogP contribution >= 0.6 is 0 Å². The second-order valence-electron chi connectivity index (χ2n) is 7.04.